The Hall–Kier alpha value is -1.33. The molecule has 0 aliphatic carbocycles. The van der Waals surface area contributed by atoms with E-state index in [4.69, 9.17) is 17.7 Å². The smallest absolute Gasteiger partial charge is 0.485 e. The van der Waals surface area contributed by atoms with Crippen LogP contribution in [0.3, 0.4) is 0 Å². The fourth-order valence-electron chi connectivity index (χ4n) is 1.41. The van der Waals surface area contributed by atoms with Crippen molar-refractivity contribution in [3.8, 4) is 5.75 Å². The van der Waals surface area contributed by atoms with Gasteiger partial charge in [0.25, 0.3) is 0 Å². The molecule has 0 aromatic heterocycles. The molecule has 0 spiro atoms. The predicted molar refractivity (Wildman–Crippen MR) is 77.3 cm³/mol. The third-order valence-electron chi connectivity index (χ3n) is 2.62. The molecule has 132 valence electrons. The second kappa shape index (κ2) is 8.67. The van der Waals surface area contributed by atoms with E-state index in [1.807, 2.05) is 12.1 Å². The zero-order chi connectivity index (χ0) is 18.4. The van der Waals surface area contributed by atoms with Gasteiger partial charge in [0.15, 0.2) is 17.3 Å². The number of rotatable bonds is 3. The van der Waals surface area contributed by atoms with Crippen LogP contribution in [0.1, 0.15) is 5.56 Å². The van der Waals surface area contributed by atoms with E-state index in [1.165, 1.54) is 12.7 Å². The lowest BCUT2D eigenvalue weighted by atomic mass is 10.2. The third kappa shape index (κ3) is 6.65. The largest absolute Gasteiger partial charge is 0.741 e. The van der Waals surface area contributed by atoms with Gasteiger partial charge in [0.1, 0.15) is 5.75 Å². The number of hydrogen-bond acceptors (Lipinski definition) is 4. The maximum absolute atomic E-state index is 10.7. The number of aryl methyl sites for hydroxylation is 1. The number of hydrogen-bond donors (Lipinski definition) is 0. The average Bonchev–Trinajstić information content (AvgIpc) is 2.49. The summed E-state index contributed by atoms with van der Waals surface area (Å²) >= 11 is -0.0667. The van der Waals surface area contributed by atoms with Crippen LogP contribution in [0.4, 0.5) is 13.2 Å². The van der Waals surface area contributed by atoms with Crippen molar-refractivity contribution < 1.29 is 52.1 Å². The Morgan fingerprint density at radius 3 is 1.96 bits per heavy atom. The highest BCUT2D eigenvalue weighted by Gasteiger charge is 2.36. The summed E-state index contributed by atoms with van der Waals surface area (Å²) in [5, 5.41) is 0. The molecule has 9 heteroatoms. The molecule has 0 saturated carbocycles. The van der Waals surface area contributed by atoms with E-state index < -0.39 is 15.6 Å². The van der Waals surface area contributed by atoms with E-state index in [1.54, 1.807) is 7.11 Å². The molecule has 0 fully saturated rings. The monoisotopic (exact) mass is 474 g/mol. The van der Waals surface area contributed by atoms with Gasteiger partial charge in [-0.3, -0.25) is 0 Å². The van der Waals surface area contributed by atoms with Crippen LogP contribution < -0.4 is 25.9 Å². The van der Waals surface area contributed by atoms with Crippen LogP contribution in [0.2, 0.25) is 0 Å². The first-order valence-corrected chi connectivity index (χ1v) is 9.98. The van der Waals surface area contributed by atoms with Gasteiger partial charge in [-0.15, -0.1) is 0 Å². The van der Waals surface area contributed by atoms with Crippen molar-refractivity contribution in [2.75, 3.05) is 7.11 Å². The molecule has 0 saturated heterocycles. The summed E-state index contributed by atoms with van der Waals surface area (Å²) in [6, 6.07) is 17.0. The van der Waals surface area contributed by atoms with Gasteiger partial charge < -0.3 is 9.29 Å². The van der Waals surface area contributed by atoms with Gasteiger partial charge in [-0.2, -0.15) is 13.2 Å². The number of halogens is 4. The minimum atomic E-state index is -6.09. The van der Waals surface area contributed by atoms with Crippen LogP contribution in [0.15, 0.2) is 48.5 Å². The molecule has 4 nitrogen and oxygen atoms in total. The average molecular weight is 474 g/mol. The second-order valence-corrected chi connectivity index (χ2v) is 8.72. The first kappa shape index (κ1) is 20.7. The number of benzene rings is 2. The highest BCUT2D eigenvalue weighted by Crippen LogP contribution is 2.20. The molecule has 0 amide bonds. The van der Waals surface area contributed by atoms with Gasteiger partial charge >= 0.3 is 26.7 Å². The van der Waals surface area contributed by atoms with Crippen LogP contribution in [-0.4, -0.2) is 25.6 Å². The maximum atomic E-state index is 10.7. The molecule has 0 aliphatic heterocycles. The lowest BCUT2D eigenvalue weighted by Crippen LogP contribution is -3.61. The van der Waals surface area contributed by atoms with E-state index in [0.29, 0.717) is 0 Å². The van der Waals surface area contributed by atoms with Crippen LogP contribution in [0.5, 0.6) is 5.75 Å². The molecule has 0 N–H and O–H groups in total. The minimum Gasteiger partial charge on any atom is -0.741 e. The molecule has 24 heavy (non-hydrogen) atoms. The molecule has 0 unspecified atom stereocenters. The Kier molecular flexibility index (Phi) is 7.49. The summed E-state index contributed by atoms with van der Waals surface area (Å²) in [6.07, 6.45) is 0. The molecule has 2 aromatic carbocycles. The van der Waals surface area contributed by atoms with Crippen molar-refractivity contribution in [3.63, 3.8) is 0 Å². The SMILES string of the molecule is COc1ccc([I+]c2ccccc2C)cc1.O=S(=O)([O-])C(F)(F)F. The predicted octanol–water partition coefficient (Wildman–Crippen LogP) is 0.183. The van der Waals surface area contributed by atoms with Crippen LogP contribution in [0.25, 0.3) is 0 Å². The van der Waals surface area contributed by atoms with Crippen molar-refractivity contribution in [1.82, 2.24) is 0 Å². The normalized spacial score (nSPS) is 11.4. The second-order valence-electron chi connectivity index (χ2n) is 4.40. The Balaban J connectivity index is 0.000000307. The lowest BCUT2D eigenvalue weighted by molar-refractivity contribution is -0.598. The molecular formula is C15H14F3IO4S. The fraction of sp³-hybridized carbons (Fsp3) is 0.200. The van der Waals surface area contributed by atoms with Crippen molar-refractivity contribution in [1.29, 1.82) is 0 Å². The molecule has 0 aliphatic rings. The lowest BCUT2D eigenvalue weighted by Gasteiger charge is -2.08. The molecular weight excluding hydrogens is 460 g/mol. The number of ether oxygens (including phenoxy) is 1. The summed E-state index contributed by atoms with van der Waals surface area (Å²) in [7, 11) is -4.39. The van der Waals surface area contributed by atoms with Gasteiger partial charge in [0.05, 0.1) is 7.11 Å². The van der Waals surface area contributed by atoms with Crippen molar-refractivity contribution in [2.45, 2.75) is 12.4 Å². The molecule has 2 aromatic rings. The Labute approximate surface area is 148 Å². The van der Waals surface area contributed by atoms with E-state index >= 15 is 0 Å². The van der Waals surface area contributed by atoms with Gasteiger partial charge in [-0.1, -0.05) is 18.2 Å². The Bertz CT molecular complexity index is 759. The Morgan fingerprint density at radius 2 is 1.54 bits per heavy atom. The highest BCUT2D eigenvalue weighted by atomic mass is 127. The zero-order valence-electron chi connectivity index (χ0n) is 12.7. The Morgan fingerprint density at radius 1 is 1.04 bits per heavy atom. The van der Waals surface area contributed by atoms with E-state index in [2.05, 4.69) is 43.3 Å². The summed E-state index contributed by atoms with van der Waals surface area (Å²) in [5.74, 6) is 0.928. The van der Waals surface area contributed by atoms with E-state index in [0.717, 1.165) is 5.75 Å². The van der Waals surface area contributed by atoms with Gasteiger partial charge in [-0.25, -0.2) is 8.42 Å². The number of methoxy groups -OCH3 is 1. The standard InChI is InChI=1S/C14H14IO.CHF3O3S/c1-11-5-3-4-6-14(11)15-12-7-9-13(16-2)10-8-12;2-1(3,4)8(5,6)7/h3-10H,1-2H3;(H,5,6,7)/q+1;/p-1. The molecule has 2 rings (SSSR count). The number of alkyl halides is 3. The van der Waals surface area contributed by atoms with Crippen LogP contribution >= 0.6 is 0 Å². The van der Waals surface area contributed by atoms with Crippen LogP contribution in [0, 0.1) is 14.1 Å². The maximum Gasteiger partial charge on any atom is 0.485 e. The molecule has 0 atom stereocenters. The summed E-state index contributed by atoms with van der Waals surface area (Å²) < 4.78 is 67.0. The van der Waals surface area contributed by atoms with E-state index in [-0.39, 0.29) is 21.2 Å². The summed E-state index contributed by atoms with van der Waals surface area (Å²) in [4.78, 5) is 0. The topological polar surface area (TPSA) is 66.4 Å². The third-order valence-corrected chi connectivity index (χ3v) is 6.32. The van der Waals surface area contributed by atoms with Gasteiger partial charge in [-0.05, 0) is 37.3 Å². The quantitative estimate of drug-likeness (QED) is 0.362. The first-order valence-electron chi connectivity index (χ1n) is 6.41. The molecule has 0 heterocycles. The highest BCUT2D eigenvalue weighted by molar-refractivity contribution is 7.86. The fourth-order valence-corrected chi connectivity index (χ4v) is 3.79. The van der Waals surface area contributed by atoms with Crippen molar-refractivity contribution >= 4 is 10.1 Å². The van der Waals surface area contributed by atoms with E-state index in [9.17, 15) is 13.2 Å². The zero-order valence-corrected chi connectivity index (χ0v) is 15.6. The van der Waals surface area contributed by atoms with Crippen molar-refractivity contribution in [2.24, 2.45) is 0 Å². The first-order chi connectivity index (χ1) is 11.0. The van der Waals surface area contributed by atoms with Gasteiger partial charge in [0, 0.05) is 5.56 Å². The summed E-state index contributed by atoms with van der Waals surface area (Å²) in [5.41, 5.74) is -4.25. The van der Waals surface area contributed by atoms with Crippen molar-refractivity contribution in [3.05, 3.63) is 61.2 Å². The molecule has 0 radical (unpaired) electrons. The molecule has 0 bridgehead atoms. The minimum absolute atomic E-state index is 0.0667. The van der Waals surface area contributed by atoms with Crippen LogP contribution in [-0.2, 0) is 10.1 Å². The summed E-state index contributed by atoms with van der Waals surface area (Å²) in [6.45, 7) is 2.18. The van der Waals surface area contributed by atoms with Gasteiger partial charge in [0.2, 0.25) is 0 Å².